The molecular formula is C23H14F3N5. The molecule has 0 fully saturated rings. The monoisotopic (exact) mass is 417 g/mol. The zero-order chi connectivity index (χ0) is 21.2. The summed E-state index contributed by atoms with van der Waals surface area (Å²) in [6.07, 6.45) is -2.57. The quantitative estimate of drug-likeness (QED) is 0.363. The molecule has 1 aliphatic heterocycles. The summed E-state index contributed by atoms with van der Waals surface area (Å²) in [5.74, 6) is 0.879. The van der Waals surface area contributed by atoms with Crippen molar-refractivity contribution >= 4 is 10.9 Å². The topological polar surface area (TPSA) is 48.5 Å². The van der Waals surface area contributed by atoms with E-state index < -0.39 is 11.7 Å². The Hall–Kier alpha value is -3.94. The Kier molecular flexibility index (Phi) is 3.62. The third-order valence-electron chi connectivity index (χ3n) is 5.54. The van der Waals surface area contributed by atoms with Gasteiger partial charge in [0.2, 0.25) is 0 Å². The molecule has 5 aromatic rings. The first-order valence-corrected chi connectivity index (χ1v) is 9.67. The van der Waals surface area contributed by atoms with Gasteiger partial charge in [-0.3, -0.25) is 4.57 Å². The maximum atomic E-state index is 13.5. The minimum atomic E-state index is -4.45. The molecule has 0 saturated carbocycles. The van der Waals surface area contributed by atoms with Gasteiger partial charge < -0.3 is 4.57 Å². The number of para-hydroxylation sites is 1. The van der Waals surface area contributed by atoms with Gasteiger partial charge in [0, 0.05) is 18.1 Å². The Bertz CT molecular complexity index is 1460. The molecule has 0 aliphatic carbocycles. The molecule has 4 heterocycles. The van der Waals surface area contributed by atoms with Gasteiger partial charge in [-0.15, -0.1) is 10.2 Å². The maximum absolute atomic E-state index is 13.5. The number of hydrogen-bond donors (Lipinski definition) is 0. The summed E-state index contributed by atoms with van der Waals surface area (Å²) in [7, 11) is 0. The first-order valence-electron chi connectivity index (χ1n) is 9.67. The van der Waals surface area contributed by atoms with Crippen LogP contribution in [0.5, 0.6) is 0 Å². The van der Waals surface area contributed by atoms with Crippen LogP contribution in [0.25, 0.3) is 39.6 Å². The second-order valence-corrected chi connectivity index (χ2v) is 7.43. The Labute approximate surface area is 174 Å². The van der Waals surface area contributed by atoms with Crippen molar-refractivity contribution in [3.63, 3.8) is 0 Å². The highest BCUT2D eigenvalue weighted by Crippen LogP contribution is 2.37. The van der Waals surface area contributed by atoms with E-state index in [4.69, 9.17) is 4.98 Å². The summed E-state index contributed by atoms with van der Waals surface area (Å²) in [4.78, 5) is 4.69. The van der Waals surface area contributed by atoms with Gasteiger partial charge in [-0.05, 0) is 42.0 Å². The minimum absolute atomic E-state index is 0.399. The van der Waals surface area contributed by atoms with Crippen molar-refractivity contribution in [2.24, 2.45) is 0 Å². The minimum Gasteiger partial charge on any atom is -0.340 e. The lowest BCUT2D eigenvalue weighted by Crippen LogP contribution is -2.09. The third kappa shape index (κ3) is 2.75. The number of pyridine rings is 1. The summed E-state index contributed by atoms with van der Waals surface area (Å²) in [6.45, 7) is 0.434. The van der Waals surface area contributed by atoms with E-state index in [2.05, 4.69) is 10.2 Å². The standard InChI is InChI=1S/C23H14F3N5/c24-23(25,26)16-9-7-15-13-30-11-3-6-19(30)22-29-28-21(31(22)20(15)12-16)18-10-8-14-4-1-2-5-17(14)27-18/h1-12H,13H2. The molecule has 6 rings (SSSR count). The van der Waals surface area contributed by atoms with Gasteiger partial charge >= 0.3 is 6.18 Å². The summed E-state index contributed by atoms with van der Waals surface area (Å²) in [5, 5.41) is 9.66. The second-order valence-electron chi connectivity index (χ2n) is 7.43. The average Bonchev–Trinajstić information content (AvgIpc) is 3.37. The maximum Gasteiger partial charge on any atom is 0.416 e. The number of rotatable bonds is 1. The van der Waals surface area contributed by atoms with Crippen molar-refractivity contribution in [1.29, 1.82) is 0 Å². The van der Waals surface area contributed by atoms with E-state index in [-0.39, 0.29) is 0 Å². The van der Waals surface area contributed by atoms with E-state index in [1.807, 2.05) is 59.3 Å². The number of hydrogen-bond acceptors (Lipinski definition) is 3. The fourth-order valence-electron chi connectivity index (χ4n) is 4.06. The van der Waals surface area contributed by atoms with Crippen molar-refractivity contribution in [2.45, 2.75) is 12.7 Å². The molecule has 0 N–H and O–H groups in total. The summed E-state index contributed by atoms with van der Waals surface area (Å²) in [5.41, 5.74) is 2.54. The number of alkyl halides is 3. The van der Waals surface area contributed by atoms with Crippen LogP contribution in [-0.2, 0) is 12.7 Å². The van der Waals surface area contributed by atoms with Crippen molar-refractivity contribution in [2.75, 3.05) is 0 Å². The number of nitrogens with zero attached hydrogens (tertiary/aromatic N) is 5. The van der Waals surface area contributed by atoms with Gasteiger partial charge in [0.15, 0.2) is 11.6 Å². The van der Waals surface area contributed by atoms with Gasteiger partial charge in [0.1, 0.15) is 5.69 Å². The molecule has 0 amide bonds. The second kappa shape index (κ2) is 6.28. The first-order chi connectivity index (χ1) is 15.0. The molecule has 2 aromatic carbocycles. The first kappa shape index (κ1) is 17.9. The van der Waals surface area contributed by atoms with Crippen LogP contribution in [0.1, 0.15) is 11.1 Å². The summed E-state index contributed by atoms with van der Waals surface area (Å²) < 4.78 is 44.1. The van der Waals surface area contributed by atoms with Crippen LogP contribution in [0.3, 0.4) is 0 Å². The van der Waals surface area contributed by atoms with E-state index in [0.29, 0.717) is 29.6 Å². The fourth-order valence-corrected chi connectivity index (χ4v) is 4.06. The predicted octanol–water partition coefficient (Wildman–Crippen LogP) is 5.33. The predicted molar refractivity (Wildman–Crippen MR) is 110 cm³/mol. The molecule has 0 unspecified atom stereocenters. The Morgan fingerprint density at radius 2 is 1.68 bits per heavy atom. The molecule has 152 valence electrons. The van der Waals surface area contributed by atoms with Crippen LogP contribution >= 0.6 is 0 Å². The van der Waals surface area contributed by atoms with Crippen molar-refractivity contribution in [3.05, 3.63) is 84.1 Å². The van der Waals surface area contributed by atoms with Crippen LogP contribution in [0.2, 0.25) is 0 Å². The van der Waals surface area contributed by atoms with Gasteiger partial charge in [-0.2, -0.15) is 13.2 Å². The van der Waals surface area contributed by atoms with E-state index in [1.165, 1.54) is 12.1 Å². The highest BCUT2D eigenvalue weighted by molar-refractivity contribution is 5.81. The lowest BCUT2D eigenvalue weighted by molar-refractivity contribution is -0.137. The zero-order valence-electron chi connectivity index (χ0n) is 16.0. The van der Waals surface area contributed by atoms with Crippen LogP contribution in [0.4, 0.5) is 13.2 Å². The molecule has 0 saturated heterocycles. The van der Waals surface area contributed by atoms with Gasteiger partial charge in [-0.25, -0.2) is 4.98 Å². The van der Waals surface area contributed by atoms with Crippen LogP contribution in [0, 0.1) is 0 Å². The van der Waals surface area contributed by atoms with Crippen LogP contribution in [-0.4, -0.2) is 24.3 Å². The van der Waals surface area contributed by atoms with E-state index in [9.17, 15) is 13.2 Å². The number of halogens is 3. The molecule has 0 bridgehead atoms. The lowest BCUT2D eigenvalue weighted by atomic mass is 10.1. The van der Waals surface area contributed by atoms with Crippen molar-refractivity contribution < 1.29 is 13.2 Å². The van der Waals surface area contributed by atoms with E-state index >= 15 is 0 Å². The summed E-state index contributed by atoms with van der Waals surface area (Å²) >= 11 is 0. The highest BCUT2D eigenvalue weighted by atomic mass is 19.4. The lowest BCUT2D eigenvalue weighted by Gasteiger charge is -2.15. The smallest absolute Gasteiger partial charge is 0.340 e. The molecule has 1 aliphatic rings. The Morgan fingerprint density at radius 3 is 2.55 bits per heavy atom. The summed E-state index contributed by atoms with van der Waals surface area (Å²) in [6, 6.07) is 19.0. The van der Waals surface area contributed by atoms with Crippen molar-refractivity contribution in [3.8, 4) is 28.7 Å². The number of fused-ring (bicyclic) bond motifs is 6. The molecule has 5 nitrogen and oxygen atoms in total. The van der Waals surface area contributed by atoms with Crippen LogP contribution in [0.15, 0.2) is 72.9 Å². The Morgan fingerprint density at radius 1 is 0.839 bits per heavy atom. The molecule has 0 atom stereocenters. The zero-order valence-corrected chi connectivity index (χ0v) is 16.0. The highest BCUT2D eigenvalue weighted by Gasteiger charge is 2.33. The van der Waals surface area contributed by atoms with Gasteiger partial charge in [-0.1, -0.05) is 30.3 Å². The largest absolute Gasteiger partial charge is 0.416 e. The molecule has 8 heteroatoms. The molecule has 3 aromatic heterocycles. The molecular weight excluding hydrogens is 403 g/mol. The average molecular weight is 417 g/mol. The van der Waals surface area contributed by atoms with Crippen LogP contribution < -0.4 is 0 Å². The molecule has 0 spiro atoms. The third-order valence-corrected chi connectivity index (χ3v) is 5.54. The van der Waals surface area contributed by atoms with E-state index in [1.54, 1.807) is 4.57 Å². The van der Waals surface area contributed by atoms with Gasteiger partial charge in [0.05, 0.1) is 22.5 Å². The normalized spacial score (nSPS) is 12.9. The van der Waals surface area contributed by atoms with Crippen molar-refractivity contribution in [1.82, 2.24) is 24.3 Å². The number of aromatic nitrogens is 5. The van der Waals surface area contributed by atoms with E-state index in [0.717, 1.165) is 28.2 Å². The molecule has 31 heavy (non-hydrogen) atoms. The fraction of sp³-hybridized carbons (Fsp3) is 0.0870. The SMILES string of the molecule is FC(F)(F)c1ccc2c(c1)-n1c(-c3ccc4ccccc4n3)nnc1-c1cccn1C2. The molecule has 0 radical (unpaired) electrons. The number of benzene rings is 2. The Balaban J connectivity index is 1.65. The van der Waals surface area contributed by atoms with Gasteiger partial charge in [0.25, 0.3) is 0 Å².